The van der Waals surface area contributed by atoms with Crippen molar-refractivity contribution < 1.29 is 14.5 Å². The number of carbonyl (C=O) groups is 2. The van der Waals surface area contributed by atoms with Crippen LogP contribution >= 0.6 is 11.6 Å². The van der Waals surface area contributed by atoms with Gasteiger partial charge in [0, 0.05) is 50.9 Å². The van der Waals surface area contributed by atoms with Crippen LogP contribution in [0, 0.1) is 10.1 Å². The number of para-hydroxylation sites is 1. The van der Waals surface area contributed by atoms with Gasteiger partial charge in [-0.05, 0) is 37.1 Å². The molecule has 2 aliphatic rings. The molecule has 174 valence electrons. The fourth-order valence-electron chi connectivity index (χ4n) is 4.28. The van der Waals surface area contributed by atoms with E-state index in [-0.39, 0.29) is 24.0 Å². The highest BCUT2D eigenvalue weighted by Gasteiger charge is 2.27. The largest absolute Gasteiger partial charge is 0.366 e. The lowest BCUT2D eigenvalue weighted by atomic mass is 10.1. The topological polar surface area (TPSA) is 99.0 Å². The van der Waals surface area contributed by atoms with Crippen LogP contribution in [0.2, 0.25) is 5.02 Å². The molecule has 10 heteroatoms. The molecule has 4 rings (SSSR count). The van der Waals surface area contributed by atoms with E-state index in [4.69, 9.17) is 11.6 Å². The fourth-order valence-corrected chi connectivity index (χ4v) is 4.46. The minimum absolute atomic E-state index is 0.0300. The first-order valence-corrected chi connectivity index (χ1v) is 11.4. The molecule has 0 bridgehead atoms. The Morgan fingerprint density at radius 3 is 2.36 bits per heavy atom. The average molecular weight is 472 g/mol. The lowest BCUT2D eigenvalue weighted by Gasteiger charge is -2.34. The summed E-state index contributed by atoms with van der Waals surface area (Å²) in [7, 11) is 0. The number of halogens is 1. The molecule has 2 aromatic rings. The number of nitrogens with zero attached hydrogens (tertiary/aromatic N) is 4. The summed E-state index contributed by atoms with van der Waals surface area (Å²) in [4.78, 5) is 42.2. The van der Waals surface area contributed by atoms with Gasteiger partial charge in [-0.1, -0.05) is 23.7 Å². The highest BCUT2D eigenvalue weighted by atomic mass is 35.5. The van der Waals surface area contributed by atoms with Gasteiger partial charge in [-0.25, -0.2) is 0 Å². The summed E-state index contributed by atoms with van der Waals surface area (Å²) in [5.41, 5.74) is 1.42. The smallest absolute Gasteiger partial charge is 0.293 e. The van der Waals surface area contributed by atoms with Crippen LogP contribution in [0.5, 0.6) is 0 Å². The predicted molar refractivity (Wildman–Crippen MR) is 127 cm³/mol. The molecule has 2 heterocycles. The van der Waals surface area contributed by atoms with Gasteiger partial charge >= 0.3 is 0 Å². The Balaban J connectivity index is 1.34. The summed E-state index contributed by atoms with van der Waals surface area (Å²) in [6, 6.07) is 11.8. The zero-order valence-corrected chi connectivity index (χ0v) is 19.0. The van der Waals surface area contributed by atoms with E-state index in [1.54, 1.807) is 41.3 Å². The normalized spacial score (nSPS) is 16.6. The monoisotopic (exact) mass is 471 g/mol. The third kappa shape index (κ3) is 5.43. The number of nitro benzene ring substituents is 1. The number of rotatable bonds is 6. The van der Waals surface area contributed by atoms with Crippen molar-refractivity contribution in [2.45, 2.75) is 12.8 Å². The standard InChI is InChI=1S/C23H26ClN5O4/c24-18-5-1-2-6-19(18)25-22(30)16-26-11-13-28(14-12-26)23(31)17-7-8-20(21(15-17)29(32)33)27-9-3-4-10-27/h1-2,5-8,15H,3-4,9-14,16H2,(H,25,30). The van der Waals surface area contributed by atoms with E-state index in [0.717, 1.165) is 25.9 Å². The van der Waals surface area contributed by atoms with Crippen LogP contribution in [0.25, 0.3) is 0 Å². The number of hydrogen-bond acceptors (Lipinski definition) is 6. The molecule has 2 aromatic carbocycles. The van der Waals surface area contributed by atoms with Gasteiger partial charge in [0.2, 0.25) is 5.91 Å². The fraction of sp³-hybridized carbons (Fsp3) is 0.391. The van der Waals surface area contributed by atoms with Crippen LogP contribution in [0.4, 0.5) is 17.1 Å². The van der Waals surface area contributed by atoms with Gasteiger partial charge < -0.3 is 15.1 Å². The number of anilines is 2. The molecular formula is C23H26ClN5O4. The highest BCUT2D eigenvalue weighted by Crippen LogP contribution is 2.32. The Kier molecular flexibility index (Phi) is 7.10. The average Bonchev–Trinajstić information content (AvgIpc) is 3.35. The van der Waals surface area contributed by atoms with Crippen LogP contribution in [0.1, 0.15) is 23.2 Å². The number of hydrogen-bond donors (Lipinski definition) is 1. The van der Waals surface area contributed by atoms with E-state index in [9.17, 15) is 19.7 Å². The van der Waals surface area contributed by atoms with E-state index in [1.165, 1.54) is 6.07 Å². The number of benzene rings is 2. The van der Waals surface area contributed by atoms with Crippen molar-refractivity contribution in [2.24, 2.45) is 0 Å². The lowest BCUT2D eigenvalue weighted by molar-refractivity contribution is -0.384. The Bertz CT molecular complexity index is 1050. The quantitative estimate of drug-likeness (QED) is 0.513. The van der Waals surface area contributed by atoms with Crippen LogP contribution in [0.3, 0.4) is 0 Å². The third-order valence-corrected chi connectivity index (χ3v) is 6.37. The Morgan fingerprint density at radius 1 is 1.00 bits per heavy atom. The van der Waals surface area contributed by atoms with Gasteiger partial charge in [0.1, 0.15) is 5.69 Å². The molecule has 0 aromatic heterocycles. The predicted octanol–water partition coefficient (Wildman–Crippen LogP) is 3.24. The van der Waals surface area contributed by atoms with Gasteiger partial charge in [0.25, 0.3) is 11.6 Å². The Labute approximate surface area is 197 Å². The summed E-state index contributed by atoms with van der Waals surface area (Å²) in [5, 5.41) is 14.9. The van der Waals surface area contributed by atoms with Crippen molar-refractivity contribution in [1.82, 2.24) is 9.80 Å². The van der Waals surface area contributed by atoms with Gasteiger partial charge in [-0.15, -0.1) is 0 Å². The minimum Gasteiger partial charge on any atom is -0.366 e. The van der Waals surface area contributed by atoms with Crippen LogP contribution < -0.4 is 10.2 Å². The Morgan fingerprint density at radius 2 is 1.70 bits per heavy atom. The second-order valence-electron chi connectivity index (χ2n) is 8.25. The molecule has 0 spiro atoms. The van der Waals surface area contributed by atoms with E-state index < -0.39 is 4.92 Å². The molecule has 0 atom stereocenters. The summed E-state index contributed by atoms with van der Waals surface area (Å²) < 4.78 is 0. The molecular weight excluding hydrogens is 446 g/mol. The summed E-state index contributed by atoms with van der Waals surface area (Å²) in [6.45, 7) is 3.74. The molecule has 2 aliphatic heterocycles. The van der Waals surface area contributed by atoms with Crippen molar-refractivity contribution in [3.63, 3.8) is 0 Å². The number of piperazine rings is 1. The molecule has 9 nitrogen and oxygen atoms in total. The van der Waals surface area contributed by atoms with Crippen molar-refractivity contribution in [3.8, 4) is 0 Å². The summed E-state index contributed by atoms with van der Waals surface area (Å²) >= 11 is 6.08. The lowest BCUT2D eigenvalue weighted by Crippen LogP contribution is -2.50. The number of nitrogens with one attached hydrogen (secondary N) is 1. The second kappa shape index (κ2) is 10.2. The number of nitro groups is 1. The van der Waals surface area contributed by atoms with E-state index in [1.807, 2.05) is 9.80 Å². The molecule has 2 amide bonds. The first kappa shape index (κ1) is 23.0. The highest BCUT2D eigenvalue weighted by molar-refractivity contribution is 6.33. The van der Waals surface area contributed by atoms with Gasteiger partial charge in [-0.2, -0.15) is 0 Å². The SMILES string of the molecule is O=C(CN1CCN(C(=O)c2ccc(N3CCCC3)c([N+](=O)[O-])c2)CC1)Nc1ccccc1Cl. The number of carbonyl (C=O) groups excluding carboxylic acids is 2. The van der Waals surface area contributed by atoms with E-state index in [0.29, 0.717) is 48.1 Å². The first-order valence-electron chi connectivity index (χ1n) is 11.0. The molecule has 1 N–H and O–H groups in total. The summed E-state index contributed by atoms with van der Waals surface area (Å²) in [6.07, 6.45) is 2.02. The zero-order valence-electron chi connectivity index (χ0n) is 18.2. The van der Waals surface area contributed by atoms with Crippen molar-refractivity contribution in [1.29, 1.82) is 0 Å². The van der Waals surface area contributed by atoms with Gasteiger partial charge in [-0.3, -0.25) is 24.6 Å². The van der Waals surface area contributed by atoms with Gasteiger partial charge in [0.15, 0.2) is 0 Å². The third-order valence-electron chi connectivity index (χ3n) is 6.04. The van der Waals surface area contributed by atoms with E-state index in [2.05, 4.69) is 5.32 Å². The zero-order chi connectivity index (χ0) is 23.4. The van der Waals surface area contributed by atoms with Crippen molar-refractivity contribution in [2.75, 3.05) is 56.0 Å². The maximum Gasteiger partial charge on any atom is 0.293 e. The first-order chi connectivity index (χ1) is 15.9. The minimum atomic E-state index is -0.417. The molecule has 0 aliphatic carbocycles. The number of amides is 2. The maximum atomic E-state index is 13.0. The Hall–Kier alpha value is -3.17. The molecule has 0 unspecified atom stereocenters. The molecule has 0 radical (unpaired) electrons. The molecule has 2 fully saturated rings. The second-order valence-corrected chi connectivity index (χ2v) is 8.66. The van der Waals surface area contributed by atoms with Crippen molar-refractivity contribution >= 4 is 40.5 Å². The summed E-state index contributed by atoms with van der Waals surface area (Å²) in [5.74, 6) is -0.401. The maximum absolute atomic E-state index is 13.0. The van der Waals surface area contributed by atoms with Crippen molar-refractivity contribution in [3.05, 3.63) is 63.2 Å². The van der Waals surface area contributed by atoms with Crippen LogP contribution in [0.15, 0.2) is 42.5 Å². The molecule has 33 heavy (non-hydrogen) atoms. The molecule has 2 saturated heterocycles. The van der Waals surface area contributed by atoms with Crippen LogP contribution in [-0.2, 0) is 4.79 Å². The van der Waals surface area contributed by atoms with Gasteiger partial charge in [0.05, 0.1) is 22.2 Å². The van der Waals surface area contributed by atoms with E-state index >= 15 is 0 Å². The molecule has 0 saturated carbocycles. The van der Waals surface area contributed by atoms with Crippen LogP contribution in [-0.4, -0.2) is 72.4 Å².